The molecule has 0 bridgehead atoms. The minimum atomic E-state index is -0.00189. The zero-order chi connectivity index (χ0) is 15.5. The van der Waals surface area contributed by atoms with Crippen LogP contribution in [0, 0.1) is 18.3 Å². The van der Waals surface area contributed by atoms with Gasteiger partial charge in [0.05, 0.1) is 6.61 Å². The molecule has 0 spiro atoms. The first-order valence-corrected chi connectivity index (χ1v) is 7.97. The zero-order valence-corrected chi connectivity index (χ0v) is 13.9. The summed E-state index contributed by atoms with van der Waals surface area (Å²) >= 11 is 3.58. The highest BCUT2D eigenvalue weighted by atomic mass is 79.9. The molecule has 1 aliphatic heterocycles. The Morgan fingerprint density at radius 3 is 2.91 bits per heavy atom. The van der Waals surface area contributed by atoms with Crippen LogP contribution < -0.4 is 4.90 Å². The molecule has 2 heterocycles. The van der Waals surface area contributed by atoms with E-state index in [1.807, 2.05) is 37.3 Å². The number of nitrogens with zero attached hydrogens (tertiary/aromatic N) is 3. The van der Waals surface area contributed by atoms with Crippen LogP contribution in [0.1, 0.15) is 22.9 Å². The van der Waals surface area contributed by atoms with Gasteiger partial charge in [-0.05, 0) is 30.2 Å². The number of halogens is 1. The highest BCUT2D eigenvalue weighted by molar-refractivity contribution is 9.10. The van der Waals surface area contributed by atoms with Gasteiger partial charge in [0.15, 0.2) is 0 Å². The molecule has 0 aliphatic carbocycles. The molecule has 1 aromatic heterocycles. The van der Waals surface area contributed by atoms with Gasteiger partial charge in [-0.1, -0.05) is 40.2 Å². The third-order valence-electron chi connectivity index (χ3n) is 3.83. The number of ether oxygens (including phenoxy) is 1. The van der Waals surface area contributed by atoms with Crippen molar-refractivity contribution in [1.82, 2.24) is 4.98 Å². The number of pyridine rings is 1. The summed E-state index contributed by atoms with van der Waals surface area (Å²) in [5.41, 5.74) is 2.53. The molecule has 5 heteroatoms. The van der Waals surface area contributed by atoms with E-state index in [1.165, 1.54) is 0 Å². The van der Waals surface area contributed by atoms with Gasteiger partial charge in [0.2, 0.25) is 0 Å². The van der Waals surface area contributed by atoms with Crippen LogP contribution in [0.2, 0.25) is 0 Å². The molecule has 0 amide bonds. The van der Waals surface area contributed by atoms with Crippen LogP contribution in [0.5, 0.6) is 0 Å². The van der Waals surface area contributed by atoms with Crippen LogP contribution in [0.3, 0.4) is 0 Å². The maximum Gasteiger partial charge on any atom is 0.145 e. The number of rotatable bonds is 2. The zero-order valence-electron chi connectivity index (χ0n) is 12.3. The summed E-state index contributed by atoms with van der Waals surface area (Å²) in [5, 5.41) is 9.15. The largest absolute Gasteiger partial charge is 0.370 e. The second-order valence-electron chi connectivity index (χ2n) is 5.27. The number of aromatic nitrogens is 1. The predicted molar refractivity (Wildman–Crippen MR) is 88.7 cm³/mol. The van der Waals surface area contributed by atoms with E-state index in [0.29, 0.717) is 12.3 Å². The van der Waals surface area contributed by atoms with Crippen molar-refractivity contribution in [3.8, 4) is 6.07 Å². The monoisotopic (exact) mass is 357 g/mol. The third kappa shape index (κ3) is 2.99. The first-order chi connectivity index (χ1) is 10.7. The Kier molecular flexibility index (Phi) is 4.41. The van der Waals surface area contributed by atoms with E-state index in [0.717, 1.165) is 34.5 Å². The van der Waals surface area contributed by atoms with E-state index >= 15 is 0 Å². The lowest BCUT2D eigenvalue weighted by Gasteiger charge is -2.34. The van der Waals surface area contributed by atoms with Crippen LogP contribution in [-0.2, 0) is 4.74 Å². The molecule has 1 unspecified atom stereocenters. The van der Waals surface area contributed by atoms with Crippen molar-refractivity contribution in [3.05, 3.63) is 57.7 Å². The van der Waals surface area contributed by atoms with Gasteiger partial charge >= 0.3 is 0 Å². The maximum absolute atomic E-state index is 9.15. The smallest absolute Gasteiger partial charge is 0.145 e. The minimum absolute atomic E-state index is 0.00189. The predicted octanol–water partition coefficient (Wildman–Crippen LogP) is 3.60. The summed E-state index contributed by atoms with van der Waals surface area (Å²) in [5.74, 6) is 0.836. The summed E-state index contributed by atoms with van der Waals surface area (Å²) < 4.78 is 6.96. The maximum atomic E-state index is 9.15. The van der Waals surface area contributed by atoms with Gasteiger partial charge in [0.25, 0.3) is 0 Å². The highest BCUT2D eigenvalue weighted by Gasteiger charge is 2.24. The fraction of sp³-hybridized carbons (Fsp3) is 0.294. The molecule has 4 nitrogen and oxygen atoms in total. The Bertz CT molecular complexity index is 726. The number of aryl methyl sites for hydroxylation is 1. The van der Waals surface area contributed by atoms with Crippen LogP contribution in [0.25, 0.3) is 0 Å². The standard InChI is InChI=1S/C17H16BrN3O/c1-12-6-7-17(20-15(12)10-19)21-8-9-22-16(11-21)13-4-2-3-5-14(13)18/h2-7,16H,8-9,11H2,1H3. The summed E-state index contributed by atoms with van der Waals surface area (Å²) in [6.07, 6.45) is -0.00189. The first-order valence-electron chi connectivity index (χ1n) is 7.18. The second-order valence-corrected chi connectivity index (χ2v) is 6.13. The Balaban J connectivity index is 1.85. The molecule has 1 saturated heterocycles. The highest BCUT2D eigenvalue weighted by Crippen LogP contribution is 2.30. The molecular weight excluding hydrogens is 342 g/mol. The lowest BCUT2D eigenvalue weighted by molar-refractivity contribution is 0.0391. The van der Waals surface area contributed by atoms with Gasteiger partial charge in [-0.25, -0.2) is 4.98 Å². The number of nitriles is 1. The molecule has 2 aromatic rings. The number of hydrogen-bond acceptors (Lipinski definition) is 4. The van der Waals surface area contributed by atoms with Crippen molar-refractivity contribution in [3.63, 3.8) is 0 Å². The number of benzene rings is 1. The number of morpholine rings is 1. The van der Waals surface area contributed by atoms with Crippen LogP contribution in [0.4, 0.5) is 5.82 Å². The molecule has 22 heavy (non-hydrogen) atoms. The van der Waals surface area contributed by atoms with Crippen LogP contribution in [0.15, 0.2) is 40.9 Å². The van der Waals surface area contributed by atoms with E-state index in [4.69, 9.17) is 10.00 Å². The first kappa shape index (κ1) is 15.0. The molecular formula is C17H16BrN3O. The Morgan fingerprint density at radius 2 is 2.14 bits per heavy atom. The molecule has 1 aliphatic rings. The quantitative estimate of drug-likeness (QED) is 0.823. The van der Waals surface area contributed by atoms with Crippen molar-refractivity contribution >= 4 is 21.7 Å². The fourth-order valence-electron chi connectivity index (χ4n) is 2.59. The van der Waals surface area contributed by atoms with Gasteiger partial charge in [0.1, 0.15) is 23.7 Å². The normalized spacial score (nSPS) is 18.0. The van der Waals surface area contributed by atoms with Gasteiger partial charge in [-0.3, -0.25) is 0 Å². The average molecular weight is 358 g/mol. The summed E-state index contributed by atoms with van der Waals surface area (Å²) in [4.78, 5) is 6.64. The topological polar surface area (TPSA) is 49.1 Å². The third-order valence-corrected chi connectivity index (χ3v) is 4.55. The number of anilines is 1. The summed E-state index contributed by atoms with van der Waals surface area (Å²) in [7, 11) is 0. The van der Waals surface area contributed by atoms with Gasteiger partial charge in [-0.15, -0.1) is 0 Å². The van der Waals surface area contributed by atoms with Crippen molar-refractivity contribution in [2.45, 2.75) is 13.0 Å². The lowest BCUT2D eigenvalue weighted by atomic mass is 10.1. The Morgan fingerprint density at radius 1 is 1.32 bits per heavy atom. The van der Waals surface area contributed by atoms with Crippen molar-refractivity contribution in [2.24, 2.45) is 0 Å². The van der Waals surface area contributed by atoms with Crippen molar-refractivity contribution in [1.29, 1.82) is 5.26 Å². The van der Waals surface area contributed by atoms with E-state index in [2.05, 4.69) is 37.9 Å². The summed E-state index contributed by atoms with van der Waals surface area (Å²) in [6, 6.07) is 14.2. The molecule has 3 rings (SSSR count). The summed E-state index contributed by atoms with van der Waals surface area (Å²) in [6.45, 7) is 4.05. The van der Waals surface area contributed by atoms with Crippen molar-refractivity contribution in [2.75, 3.05) is 24.6 Å². The Hall–Kier alpha value is -1.90. The molecule has 112 valence electrons. The second kappa shape index (κ2) is 6.47. The van der Waals surface area contributed by atoms with E-state index in [1.54, 1.807) is 0 Å². The molecule has 1 aromatic carbocycles. The minimum Gasteiger partial charge on any atom is -0.370 e. The van der Waals surface area contributed by atoms with E-state index < -0.39 is 0 Å². The fourth-order valence-corrected chi connectivity index (χ4v) is 3.13. The molecule has 0 saturated carbocycles. The van der Waals surface area contributed by atoms with E-state index in [9.17, 15) is 0 Å². The van der Waals surface area contributed by atoms with E-state index in [-0.39, 0.29) is 6.10 Å². The van der Waals surface area contributed by atoms with Crippen molar-refractivity contribution < 1.29 is 4.74 Å². The van der Waals surface area contributed by atoms with Gasteiger partial charge in [0, 0.05) is 17.6 Å². The Labute approximate surface area is 138 Å². The van der Waals surface area contributed by atoms with Gasteiger partial charge in [-0.2, -0.15) is 5.26 Å². The molecule has 0 radical (unpaired) electrons. The SMILES string of the molecule is Cc1ccc(N2CCOC(c3ccccc3Br)C2)nc1C#N. The molecule has 1 atom stereocenters. The number of hydrogen-bond donors (Lipinski definition) is 0. The lowest BCUT2D eigenvalue weighted by Crippen LogP contribution is -2.39. The molecule has 1 fully saturated rings. The van der Waals surface area contributed by atoms with Gasteiger partial charge < -0.3 is 9.64 Å². The van der Waals surface area contributed by atoms with Crippen LogP contribution >= 0.6 is 15.9 Å². The average Bonchev–Trinajstić information content (AvgIpc) is 2.56. The van der Waals surface area contributed by atoms with Crippen LogP contribution in [-0.4, -0.2) is 24.7 Å². The molecule has 0 N–H and O–H groups in total.